The van der Waals surface area contributed by atoms with Crippen LogP contribution in [0, 0.1) is 13.8 Å². The fourth-order valence-corrected chi connectivity index (χ4v) is 3.03. The van der Waals surface area contributed by atoms with Gasteiger partial charge in [0.15, 0.2) is 6.54 Å². The zero-order valence-corrected chi connectivity index (χ0v) is 13.5. The molecule has 1 amide bonds. The average molecular weight is 289 g/mol. The molecule has 1 aromatic rings. The molecule has 1 fully saturated rings. The van der Waals surface area contributed by atoms with Crippen molar-refractivity contribution in [1.82, 2.24) is 0 Å². The van der Waals surface area contributed by atoms with Gasteiger partial charge in [-0.25, -0.2) is 0 Å². The molecule has 1 saturated carbocycles. The van der Waals surface area contributed by atoms with Crippen molar-refractivity contribution in [2.45, 2.75) is 64.8 Å². The van der Waals surface area contributed by atoms with Crippen LogP contribution in [-0.2, 0) is 4.79 Å². The van der Waals surface area contributed by atoms with Gasteiger partial charge in [-0.1, -0.05) is 25.3 Å². The number of carbonyl (C=O) groups is 1. The molecular weight excluding hydrogens is 260 g/mol. The number of nitrogens with two attached hydrogens (primary N) is 1. The molecule has 3 heteroatoms. The number of hydrogen-bond acceptors (Lipinski definition) is 1. The molecule has 0 atom stereocenters. The van der Waals surface area contributed by atoms with Crippen LogP contribution >= 0.6 is 0 Å². The van der Waals surface area contributed by atoms with Crippen molar-refractivity contribution in [2.24, 2.45) is 0 Å². The van der Waals surface area contributed by atoms with Crippen molar-refractivity contribution in [3.63, 3.8) is 0 Å². The summed E-state index contributed by atoms with van der Waals surface area (Å²) in [4.78, 5) is 12.1. The molecule has 0 bridgehead atoms. The predicted octanol–water partition coefficient (Wildman–Crippen LogP) is 2.92. The zero-order valence-electron chi connectivity index (χ0n) is 13.5. The minimum atomic E-state index is 0.111. The molecule has 1 aromatic carbocycles. The van der Waals surface area contributed by atoms with Crippen molar-refractivity contribution >= 4 is 11.6 Å². The summed E-state index contributed by atoms with van der Waals surface area (Å²) in [6, 6.07) is 6.72. The van der Waals surface area contributed by atoms with E-state index in [1.165, 1.54) is 56.1 Å². The Hall–Kier alpha value is -1.35. The Bertz CT molecular complexity index is 462. The topological polar surface area (TPSA) is 45.7 Å². The normalized spacial score (nSPS) is 17.0. The van der Waals surface area contributed by atoms with Gasteiger partial charge in [0, 0.05) is 5.69 Å². The highest BCUT2D eigenvalue weighted by atomic mass is 16.1. The van der Waals surface area contributed by atoms with Gasteiger partial charge in [-0.15, -0.1) is 0 Å². The molecule has 0 aliphatic heterocycles. The van der Waals surface area contributed by atoms with Crippen molar-refractivity contribution in [3.05, 3.63) is 29.3 Å². The Morgan fingerprint density at radius 1 is 1.10 bits per heavy atom. The number of benzene rings is 1. The molecule has 1 aliphatic carbocycles. The van der Waals surface area contributed by atoms with Crippen LogP contribution in [0.25, 0.3) is 0 Å². The average Bonchev–Trinajstić information content (AvgIpc) is 2.42. The van der Waals surface area contributed by atoms with E-state index < -0.39 is 0 Å². The van der Waals surface area contributed by atoms with Crippen LogP contribution in [0.4, 0.5) is 5.69 Å². The molecule has 3 nitrogen and oxygen atoms in total. The minimum absolute atomic E-state index is 0.111. The second kappa shape index (κ2) is 8.18. The van der Waals surface area contributed by atoms with Gasteiger partial charge >= 0.3 is 0 Å². The van der Waals surface area contributed by atoms with E-state index in [9.17, 15) is 4.79 Å². The molecule has 1 aliphatic rings. The lowest BCUT2D eigenvalue weighted by molar-refractivity contribution is -0.680. The zero-order chi connectivity index (χ0) is 15.1. The van der Waals surface area contributed by atoms with Gasteiger partial charge in [0.05, 0.1) is 6.04 Å². The van der Waals surface area contributed by atoms with Crippen LogP contribution in [0.1, 0.15) is 56.1 Å². The Labute approximate surface area is 128 Å². The van der Waals surface area contributed by atoms with Gasteiger partial charge in [0.2, 0.25) is 0 Å². The van der Waals surface area contributed by atoms with Gasteiger partial charge in [-0.05, 0) is 62.8 Å². The summed E-state index contributed by atoms with van der Waals surface area (Å²) in [6.07, 6.45) is 9.27. The summed E-state index contributed by atoms with van der Waals surface area (Å²) in [5, 5.41) is 5.25. The molecule has 0 radical (unpaired) electrons. The van der Waals surface area contributed by atoms with E-state index in [2.05, 4.69) is 30.5 Å². The SMILES string of the molecule is Cc1ccc(NC(=O)C[NH2+]C2CCCCCCC2)cc1C. The molecule has 0 heterocycles. The monoisotopic (exact) mass is 289 g/mol. The van der Waals surface area contributed by atoms with Crippen molar-refractivity contribution in [3.8, 4) is 0 Å². The molecular formula is C18H29N2O+. The molecule has 0 saturated heterocycles. The van der Waals surface area contributed by atoms with Crippen LogP contribution in [0.2, 0.25) is 0 Å². The lowest BCUT2D eigenvalue weighted by Crippen LogP contribution is -2.91. The molecule has 0 unspecified atom stereocenters. The number of rotatable bonds is 4. The van der Waals surface area contributed by atoms with E-state index in [-0.39, 0.29) is 5.91 Å². The van der Waals surface area contributed by atoms with Crippen molar-refractivity contribution in [2.75, 3.05) is 11.9 Å². The van der Waals surface area contributed by atoms with E-state index in [1.54, 1.807) is 0 Å². The number of amides is 1. The Morgan fingerprint density at radius 2 is 1.76 bits per heavy atom. The molecule has 0 aromatic heterocycles. The number of aryl methyl sites for hydroxylation is 2. The molecule has 21 heavy (non-hydrogen) atoms. The molecule has 2 rings (SSSR count). The smallest absolute Gasteiger partial charge is 0.279 e. The highest BCUT2D eigenvalue weighted by Crippen LogP contribution is 2.15. The van der Waals surface area contributed by atoms with Crippen LogP contribution in [0.5, 0.6) is 0 Å². The van der Waals surface area contributed by atoms with E-state index in [1.807, 2.05) is 12.1 Å². The summed E-state index contributed by atoms with van der Waals surface area (Å²) in [7, 11) is 0. The fourth-order valence-electron chi connectivity index (χ4n) is 3.03. The fraction of sp³-hybridized carbons (Fsp3) is 0.611. The first-order valence-electron chi connectivity index (χ1n) is 8.35. The van der Waals surface area contributed by atoms with E-state index >= 15 is 0 Å². The van der Waals surface area contributed by atoms with Gasteiger partial charge in [0.25, 0.3) is 5.91 Å². The number of anilines is 1. The van der Waals surface area contributed by atoms with E-state index in [0.29, 0.717) is 12.6 Å². The summed E-state index contributed by atoms with van der Waals surface area (Å²) >= 11 is 0. The third-order valence-corrected chi connectivity index (χ3v) is 4.58. The summed E-state index contributed by atoms with van der Waals surface area (Å²) in [6.45, 7) is 4.70. The third kappa shape index (κ3) is 5.50. The van der Waals surface area contributed by atoms with E-state index in [0.717, 1.165) is 5.69 Å². The third-order valence-electron chi connectivity index (χ3n) is 4.58. The Balaban J connectivity index is 1.77. The first-order valence-corrected chi connectivity index (χ1v) is 8.35. The molecule has 0 spiro atoms. The number of quaternary nitrogens is 1. The van der Waals surface area contributed by atoms with Gasteiger partial charge < -0.3 is 10.6 Å². The summed E-state index contributed by atoms with van der Waals surface area (Å²) in [5.74, 6) is 0.111. The Morgan fingerprint density at radius 3 is 2.43 bits per heavy atom. The Kier molecular flexibility index (Phi) is 6.24. The summed E-state index contributed by atoms with van der Waals surface area (Å²) < 4.78 is 0. The maximum atomic E-state index is 12.1. The van der Waals surface area contributed by atoms with Crippen LogP contribution in [0.15, 0.2) is 18.2 Å². The van der Waals surface area contributed by atoms with Crippen LogP contribution in [-0.4, -0.2) is 18.5 Å². The lowest BCUT2D eigenvalue weighted by atomic mass is 9.97. The first-order chi connectivity index (χ1) is 10.1. The van der Waals surface area contributed by atoms with Gasteiger partial charge in [-0.3, -0.25) is 4.79 Å². The number of hydrogen-bond donors (Lipinski definition) is 2. The van der Waals surface area contributed by atoms with Crippen LogP contribution in [0.3, 0.4) is 0 Å². The minimum Gasteiger partial charge on any atom is -0.336 e. The second-order valence-corrected chi connectivity index (χ2v) is 6.39. The van der Waals surface area contributed by atoms with Crippen molar-refractivity contribution in [1.29, 1.82) is 0 Å². The molecule has 3 N–H and O–H groups in total. The largest absolute Gasteiger partial charge is 0.336 e. The number of carbonyl (C=O) groups excluding carboxylic acids is 1. The molecule has 116 valence electrons. The lowest BCUT2D eigenvalue weighted by Gasteiger charge is -2.18. The predicted molar refractivity (Wildman–Crippen MR) is 87.4 cm³/mol. The highest BCUT2D eigenvalue weighted by molar-refractivity contribution is 5.91. The quantitative estimate of drug-likeness (QED) is 0.879. The van der Waals surface area contributed by atoms with Gasteiger partial charge in [-0.2, -0.15) is 0 Å². The number of nitrogens with one attached hydrogen (secondary N) is 1. The van der Waals surface area contributed by atoms with E-state index in [4.69, 9.17) is 0 Å². The first kappa shape index (κ1) is 16.0. The second-order valence-electron chi connectivity index (χ2n) is 6.39. The summed E-state index contributed by atoms with van der Waals surface area (Å²) in [5.41, 5.74) is 3.39. The van der Waals surface area contributed by atoms with Crippen LogP contribution < -0.4 is 10.6 Å². The highest BCUT2D eigenvalue weighted by Gasteiger charge is 2.15. The standard InChI is InChI=1S/C18H28N2O/c1-14-10-11-17(12-15(14)2)20-18(21)13-19-16-8-6-4-3-5-7-9-16/h10-12,16,19H,3-9,13H2,1-2H3,(H,20,21)/p+1. The maximum Gasteiger partial charge on any atom is 0.279 e. The van der Waals surface area contributed by atoms with Crippen molar-refractivity contribution < 1.29 is 10.1 Å². The van der Waals surface area contributed by atoms with Gasteiger partial charge in [0.1, 0.15) is 0 Å². The maximum absolute atomic E-state index is 12.1.